The van der Waals surface area contributed by atoms with Gasteiger partial charge in [0, 0.05) is 5.39 Å². The van der Waals surface area contributed by atoms with Crippen molar-refractivity contribution in [1.82, 2.24) is 10.2 Å². The zero-order chi connectivity index (χ0) is 10.1. The molecule has 0 bridgehead atoms. The maximum atomic E-state index is 10.6. The van der Waals surface area contributed by atoms with Gasteiger partial charge in [-0.1, -0.05) is 17.7 Å². The van der Waals surface area contributed by atoms with Crippen molar-refractivity contribution in [2.75, 3.05) is 0 Å². The average Bonchev–Trinajstić information content (AvgIpc) is 2.58. The number of carboxylic acid groups (broad SMARTS) is 1. The van der Waals surface area contributed by atoms with Crippen molar-refractivity contribution < 1.29 is 9.90 Å². The summed E-state index contributed by atoms with van der Waals surface area (Å²) >= 11 is 5.90. The van der Waals surface area contributed by atoms with Gasteiger partial charge in [-0.05, 0) is 11.6 Å². The van der Waals surface area contributed by atoms with Crippen LogP contribution in [0.4, 0.5) is 0 Å². The average molecular weight is 211 g/mol. The molecule has 0 spiro atoms. The molecule has 2 aromatic rings. The number of halogens is 1. The fraction of sp³-hybridized carbons (Fsp3) is 0.111. The zero-order valence-electron chi connectivity index (χ0n) is 7.12. The summed E-state index contributed by atoms with van der Waals surface area (Å²) < 4.78 is 0. The van der Waals surface area contributed by atoms with Crippen LogP contribution in [-0.4, -0.2) is 21.3 Å². The Morgan fingerprint density at radius 1 is 1.57 bits per heavy atom. The van der Waals surface area contributed by atoms with E-state index in [1.54, 1.807) is 18.3 Å². The van der Waals surface area contributed by atoms with E-state index in [2.05, 4.69) is 10.2 Å². The largest absolute Gasteiger partial charge is 0.481 e. The van der Waals surface area contributed by atoms with Gasteiger partial charge in [0.1, 0.15) is 0 Å². The zero-order valence-corrected chi connectivity index (χ0v) is 7.88. The summed E-state index contributed by atoms with van der Waals surface area (Å²) in [5.74, 6) is -0.872. The van der Waals surface area contributed by atoms with Crippen LogP contribution in [0.25, 0.3) is 10.9 Å². The lowest BCUT2D eigenvalue weighted by Gasteiger charge is -2.00. The van der Waals surface area contributed by atoms with Crippen molar-refractivity contribution in [3.05, 3.63) is 28.9 Å². The Bertz CT molecular complexity index is 493. The minimum Gasteiger partial charge on any atom is -0.481 e. The lowest BCUT2D eigenvalue weighted by atomic mass is 10.1. The summed E-state index contributed by atoms with van der Waals surface area (Å²) in [6.45, 7) is 0. The molecule has 1 aromatic heterocycles. The fourth-order valence-corrected chi connectivity index (χ4v) is 1.58. The smallest absolute Gasteiger partial charge is 0.307 e. The van der Waals surface area contributed by atoms with Crippen molar-refractivity contribution in [3.63, 3.8) is 0 Å². The second kappa shape index (κ2) is 3.31. The van der Waals surface area contributed by atoms with Crippen LogP contribution in [0.1, 0.15) is 5.56 Å². The molecule has 0 aliphatic heterocycles. The number of hydrogen-bond donors (Lipinski definition) is 2. The Kier molecular flexibility index (Phi) is 2.13. The molecule has 1 aromatic carbocycles. The summed E-state index contributed by atoms with van der Waals surface area (Å²) in [6, 6.07) is 3.37. The first kappa shape index (κ1) is 9.02. The predicted octanol–water partition coefficient (Wildman–Crippen LogP) is 1.84. The van der Waals surface area contributed by atoms with Crippen molar-refractivity contribution >= 4 is 28.5 Å². The van der Waals surface area contributed by atoms with Crippen LogP contribution in [0, 0.1) is 0 Å². The summed E-state index contributed by atoms with van der Waals surface area (Å²) in [5, 5.41) is 16.6. The maximum absolute atomic E-state index is 10.6. The van der Waals surface area contributed by atoms with Gasteiger partial charge < -0.3 is 5.11 Å². The lowest BCUT2D eigenvalue weighted by Crippen LogP contribution is -2.00. The minimum absolute atomic E-state index is 0.0319. The third-order valence-electron chi connectivity index (χ3n) is 1.99. The molecule has 2 N–H and O–H groups in total. The number of aromatic amines is 1. The number of benzene rings is 1. The molecule has 0 aliphatic rings. The molecular weight excluding hydrogens is 204 g/mol. The highest BCUT2D eigenvalue weighted by Gasteiger charge is 2.09. The third kappa shape index (κ3) is 1.44. The number of nitrogens with one attached hydrogen (secondary N) is 1. The molecule has 0 saturated carbocycles. The van der Waals surface area contributed by atoms with E-state index in [9.17, 15) is 4.79 Å². The first-order valence-electron chi connectivity index (χ1n) is 4.00. The molecule has 0 atom stereocenters. The highest BCUT2D eigenvalue weighted by molar-refractivity contribution is 6.35. The molecule has 14 heavy (non-hydrogen) atoms. The quantitative estimate of drug-likeness (QED) is 0.795. The van der Waals surface area contributed by atoms with E-state index < -0.39 is 5.97 Å². The van der Waals surface area contributed by atoms with Gasteiger partial charge in [-0.25, -0.2) is 0 Å². The number of fused-ring (bicyclic) bond motifs is 1. The SMILES string of the molecule is O=C(O)Cc1ccc(Cl)c2cn[nH]c12. The van der Waals surface area contributed by atoms with E-state index in [4.69, 9.17) is 16.7 Å². The van der Waals surface area contributed by atoms with E-state index in [0.29, 0.717) is 16.1 Å². The molecule has 1 heterocycles. The van der Waals surface area contributed by atoms with Crippen LogP contribution in [0.2, 0.25) is 5.02 Å². The number of carbonyl (C=O) groups is 1. The van der Waals surface area contributed by atoms with Gasteiger partial charge in [-0.2, -0.15) is 5.10 Å². The first-order valence-corrected chi connectivity index (χ1v) is 4.38. The Labute approximate surface area is 84.5 Å². The van der Waals surface area contributed by atoms with Gasteiger partial charge in [0.05, 0.1) is 23.2 Å². The monoisotopic (exact) mass is 210 g/mol. The molecule has 0 amide bonds. The van der Waals surface area contributed by atoms with Crippen LogP contribution in [0.5, 0.6) is 0 Å². The van der Waals surface area contributed by atoms with Gasteiger partial charge in [-0.15, -0.1) is 0 Å². The van der Waals surface area contributed by atoms with Crippen LogP contribution in [-0.2, 0) is 11.2 Å². The summed E-state index contributed by atoms with van der Waals surface area (Å²) in [7, 11) is 0. The topological polar surface area (TPSA) is 66.0 Å². The minimum atomic E-state index is -0.872. The van der Waals surface area contributed by atoms with Crippen molar-refractivity contribution in [2.24, 2.45) is 0 Å². The summed E-state index contributed by atoms with van der Waals surface area (Å²) in [5.41, 5.74) is 1.38. The summed E-state index contributed by atoms with van der Waals surface area (Å²) in [4.78, 5) is 10.6. The number of rotatable bonds is 2. The highest BCUT2D eigenvalue weighted by Crippen LogP contribution is 2.24. The van der Waals surface area contributed by atoms with Gasteiger partial charge in [0.2, 0.25) is 0 Å². The number of aromatic nitrogens is 2. The Hall–Kier alpha value is -1.55. The van der Waals surface area contributed by atoms with Crippen LogP contribution in [0.3, 0.4) is 0 Å². The Morgan fingerprint density at radius 2 is 2.36 bits per heavy atom. The van der Waals surface area contributed by atoms with Crippen LogP contribution < -0.4 is 0 Å². The number of nitrogens with zero attached hydrogens (tertiary/aromatic N) is 1. The van der Waals surface area contributed by atoms with Gasteiger partial charge in [0.25, 0.3) is 0 Å². The second-order valence-corrected chi connectivity index (χ2v) is 3.34. The molecule has 0 radical (unpaired) electrons. The van der Waals surface area contributed by atoms with E-state index in [0.717, 1.165) is 5.39 Å². The van der Waals surface area contributed by atoms with Crippen molar-refractivity contribution in [1.29, 1.82) is 0 Å². The predicted molar refractivity (Wildman–Crippen MR) is 52.4 cm³/mol. The van der Waals surface area contributed by atoms with E-state index in [1.807, 2.05) is 0 Å². The molecule has 0 aliphatic carbocycles. The van der Waals surface area contributed by atoms with Crippen LogP contribution >= 0.6 is 11.6 Å². The molecule has 5 heteroatoms. The fourth-order valence-electron chi connectivity index (χ4n) is 1.37. The molecule has 72 valence electrons. The lowest BCUT2D eigenvalue weighted by molar-refractivity contribution is -0.136. The molecule has 2 rings (SSSR count). The second-order valence-electron chi connectivity index (χ2n) is 2.94. The van der Waals surface area contributed by atoms with Gasteiger partial charge in [0.15, 0.2) is 0 Å². The van der Waals surface area contributed by atoms with Crippen LogP contribution in [0.15, 0.2) is 18.3 Å². The molecule has 0 saturated heterocycles. The molecule has 4 nitrogen and oxygen atoms in total. The highest BCUT2D eigenvalue weighted by atomic mass is 35.5. The van der Waals surface area contributed by atoms with Gasteiger partial charge >= 0.3 is 5.97 Å². The van der Waals surface area contributed by atoms with E-state index >= 15 is 0 Å². The van der Waals surface area contributed by atoms with E-state index in [-0.39, 0.29) is 6.42 Å². The number of hydrogen-bond acceptors (Lipinski definition) is 2. The van der Waals surface area contributed by atoms with Gasteiger partial charge in [-0.3, -0.25) is 9.89 Å². The number of carboxylic acids is 1. The normalized spacial score (nSPS) is 10.6. The Morgan fingerprint density at radius 3 is 3.07 bits per heavy atom. The van der Waals surface area contributed by atoms with Crippen molar-refractivity contribution in [3.8, 4) is 0 Å². The third-order valence-corrected chi connectivity index (χ3v) is 2.32. The standard InChI is InChI=1S/C9H7ClN2O2/c10-7-2-1-5(3-8(13)14)9-6(7)4-11-12-9/h1-2,4H,3H2,(H,11,12)(H,13,14). The van der Waals surface area contributed by atoms with E-state index in [1.165, 1.54) is 0 Å². The van der Waals surface area contributed by atoms with Crippen molar-refractivity contribution in [2.45, 2.75) is 6.42 Å². The summed E-state index contributed by atoms with van der Waals surface area (Å²) in [6.07, 6.45) is 1.55. The molecular formula is C9H7ClN2O2. The number of H-pyrrole nitrogens is 1. The maximum Gasteiger partial charge on any atom is 0.307 e. The molecule has 0 fully saturated rings. The number of aliphatic carboxylic acids is 1. The molecule has 0 unspecified atom stereocenters. The first-order chi connectivity index (χ1) is 6.68. The Balaban J connectivity index is 2.60.